The first kappa shape index (κ1) is 14.2. The monoisotopic (exact) mass is 259 g/mol. The van der Waals surface area contributed by atoms with Crippen LogP contribution >= 0.6 is 0 Å². The molecule has 0 amide bonds. The van der Waals surface area contributed by atoms with Crippen molar-refractivity contribution in [1.29, 1.82) is 0 Å². The van der Waals surface area contributed by atoms with E-state index in [4.69, 9.17) is 0 Å². The summed E-state index contributed by atoms with van der Waals surface area (Å²) in [5.74, 6) is 0.481. The number of sulfone groups is 1. The van der Waals surface area contributed by atoms with Gasteiger partial charge in [0.2, 0.25) is 0 Å². The summed E-state index contributed by atoms with van der Waals surface area (Å²) in [5, 5.41) is 7.49. The van der Waals surface area contributed by atoms with Crippen LogP contribution in [0.1, 0.15) is 31.5 Å². The van der Waals surface area contributed by atoms with Crippen molar-refractivity contribution < 1.29 is 8.42 Å². The van der Waals surface area contributed by atoms with Gasteiger partial charge in [0.05, 0.1) is 17.5 Å². The minimum atomic E-state index is -2.85. The zero-order valence-electron chi connectivity index (χ0n) is 10.7. The third-order valence-electron chi connectivity index (χ3n) is 2.83. The Kier molecular flexibility index (Phi) is 5.14. The highest BCUT2D eigenvalue weighted by Gasteiger charge is 2.14. The van der Waals surface area contributed by atoms with Crippen LogP contribution in [0.5, 0.6) is 0 Å². The molecule has 0 spiro atoms. The first-order valence-corrected chi connectivity index (χ1v) is 7.68. The van der Waals surface area contributed by atoms with Gasteiger partial charge in [-0.15, -0.1) is 0 Å². The van der Waals surface area contributed by atoms with Crippen LogP contribution < -0.4 is 5.32 Å². The van der Waals surface area contributed by atoms with Crippen LogP contribution in [0.2, 0.25) is 0 Å². The van der Waals surface area contributed by atoms with E-state index in [1.54, 1.807) is 11.6 Å². The van der Waals surface area contributed by atoms with Crippen molar-refractivity contribution in [3.63, 3.8) is 0 Å². The van der Waals surface area contributed by atoms with Crippen LogP contribution in [-0.2, 0) is 16.9 Å². The molecule has 1 rings (SSSR count). The summed E-state index contributed by atoms with van der Waals surface area (Å²) in [7, 11) is 0.888. The van der Waals surface area contributed by atoms with Crippen molar-refractivity contribution in [2.24, 2.45) is 7.05 Å². The third kappa shape index (κ3) is 4.47. The molecule has 0 saturated heterocycles. The molecule has 1 aromatic rings. The highest BCUT2D eigenvalue weighted by molar-refractivity contribution is 7.91. The number of aryl methyl sites for hydroxylation is 1. The Labute approximate surface area is 103 Å². The number of rotatable bonds is 7. The fraction of sp³-hybridized carbons (Fsp3) is 0.727. The molecule has 1 N–H and O–H groups in total. The van der Waals surface area contributed by atoms with Crippen LogP contribution in [-0.4, -0.2) is 36.8 Å². The Morgan fingerprint density at radius 3 is 2.71 bits per heavy atom. The average molecular weight is 259 g/mol. The Balaban J connectivity index is 2.49. The minimum Gasteiger partial charge on any atom is -0.312 e. The molecule has 0 fully saturated rings. The van der Waals surface area contributed by atoms with Gasteiger partial charge in [-0.3, -0.25) is 4.68 Å². The number of nitrogens with one attached hydrogen (secondary N) is 1. The molecule has 1 atom stereocenters. The molecule has 1 heterocycles. The van der Waals surface area contributed by atoms with E-state index in [-0.39, 0.29) is 17.5 Å². The van der Waals surface area contributed by atoms with Crippen LogP contribution in [0.25, 0.3) is 0 Å². The van der Waals surface area contributed by atoms with E-state index in [0.717, 1.165) is 12.1 Å². The molecule has 0 aliphatic rings. The van der Waals surface area contributed by atoms with Crippen LogP contribution in [0.3, 0.4) is 0 Å². The predicted molar refractivity (Wildman–Crippen MR) is 68.6 cm³/mol. The normalized spacial score (nSPS) is 13.8. The van der Waals surface area contributed by atoms with Gasteiger partial charge in [-0.2, -0.15) is 5.10 Å². The lowest BCUT2D eigenvalue weighted by Gasteiger charge is -2.13. The lowest BCUT2D eigenvalue weighted by Crippen LogP contribution is -2.19. The maximum Gasteiger partial charge on any atom is 0.150 e. The van der Waals surface area contributed by atoms with Crippen LogP contribution in [0.15, 0.2) is 12.3 Å². The van der Waals surface area contributed by atoms with Gasteiger partial charge in [-0.05, 0) is 26.0 Å². The fourth-order valence-electron chi connectivity index (χ4n) is 1.71. The smallest absolute Gasteiger partial charge is 0.150 e. The van der Waals surface area contributed by atoms with Gasteiger partial charge >= 0.3 is 0 Å². The summed E-state index contributed by atoms with van der Waals surface area (Å²) in [6.45, 7) is 1.68. The first-order chi connectivity index (χ1) is 7.98. The standard InChI is InChI=1S/C11H21N3O2S/c1-4-17(15,16)9-5-6-10(12-2)11-7-8-14(3)13-11/h7-8,10,12H,4-6,9H2,1-3H3. The highest BCUT2D eigenvalue weighted by Crippen LogP contribution is 2.16. The molecule has 0 bridgehead atoms. The second-order valence-corrected chi connectivity index (χ2v) is 6.61. The summed E-state index contributed by atoms with van der Waals surface area (Å²) in [6, 6.07) is 2.08. The summed E-state index contributed by atoms with van der Waals surface area (Å²) < 4.78 is 24.5. The largest absolute Gasteiger partial charge is 0.312 e. The van der Waals surface area contributed by atoms with E-state index in [9.17, 15) is 8.42 Å². The maximum absolute atomic E-state index is 11.4. The topological polar surface area (TPSA) is 64.0 Å². The Bertz CT molecular complexity index is 439. The van der Waals surface area contributed by atoms with E-state index >= 15 is 0 Å². The highest BCUT2D eigenvalue weighted by atomic mass is 32.2. The lowest BCUT2D eigenvalue weighted by atomic mass is 10.1. The van der Waals surface area contributed by atoms with Gasteiger partial charge in [0, 0.05) is 19.0 Å². The molecule has 17 heavy (non-hydrogen) atoms. The molecule has 5 nitrogen and oxygen atoms in total. The van der Waals surface area contributed by atoms with Gasteiger partial charge in [-0.25, -0.2) is 8.42 Å². The van der Waals surface area contributed by atoms with Crippen molar-refractivity contribution in [3.8, 4) is 0 Å². The van der Waals surface area contributed by atoms with Gasteiger partial charge in [0.1, 0.15) is 9.84 Å². The fourth-order valence-corrected chi connectivity index (χ4v) is 2.61. The predicted octanol–water partition coefficient (Wildman–Crippen LogP) is 0.895. The average Bonchev–Trinajstić information content (AvgIpc) is 2.71. The van der Waals surface area contributed by atoms with Crippen molar-refractivity contribution >= 4 is 9.84 Å². The molecule has 1 aromatic heterocycles. The molecule has 0 radical (unpaired) electrons. The van der Waals surface area contributed by atoms with Crippen molar-refractivity contribution in [2.45, 2.75) is 25.8 Å². The van der Waals surface area contributed by atoms with Crippen LogP contribution in [0.4, 0.5) is 0 Å². The summed E-state index contributed by atoms with van der Waals surface area (Å²) >= 11 is 0. The van der Waals surface area contributed by atoms with E-state index in [0.29, 0.717) is 6.42 Å². The Morgan fingerprint density at radius 2 is 2.24 bits per heavy atom. The van der Waals surface area contributed by atoms with E-state index in [2.05, 4.69) is 10.4 Å². The van der Waals surface area contributed by atoms with Crippen LogP contribution in [0, 0.1) is 0 Å². The number of hydrogen-bond donors (Lipinski definition) is 1. The molecular formula is C11H21N3O2S. The molecule has 0 aliphatic carbocycles. The molecule has 1 unspecified atom stereocenters. The molecule has 6 heteroatoms. The molecule has 98 valence electrons. The third-order valence-corrected chi connectivity index (χ3v) is 4.62. The number of hydrogen-bond acceptors (Lipinski definition) is 4. The van der Waals surface area contributed by atoms with E-state index in [1.807, 2.05) is 26.4 Å². The van der Waals surface area contributed by atoms with E-state index in [1.165, 1.54) is 0 Å². The number of nitrogens with zero attached hydrogens (tertiary/aromatic N) is 2. The molecule has 0 aliphatic heterocycles. The van der Waals surface area contributed by atoms with Crippen molar-refractivity contribution in [1.82, 2.24) is 15.1 Å². The van der Waals surface area contributed by atoms with Gasteiger partial charge < -0.3 is 5.32 Å². The zero-order chi connectivity index (χ0) is 12.9. The van der Waals surface area contributed by atoms with Gasteiger partial charge in [-0.1, -0.05) is 6.92 Å². The molecular weight excluding hydrogens is 238 g/mol. The quantitative estimate of drug-likeness (QED) is 0.790. The lowest BCUT2D eigenvalue weighted by molar-refractivity contribution is 0.516. The number of aromatic nitrogens is 2. The summed E-state index contributed by atoms with van der Waals surface area (Å²) in [4.78, 5) is 0. The van der Waals surface area contributed by atoms with E-state index < -0.39 is 9.84 Å². The van der Waals surface area contributed by atoms with Gasteiger partial charge in [0.15, 0.2) is 0 Å². The first-order valence-electron chi connectivity index (χ1n) is 5.85. The summed E-state index contributed by atoms with van der Waals surface area (Å²) in [5.41, 5.74) is 0.962. The Morgan fingerprint density at radius 1 is 1.53 bits per heavy atom. The SMILES string of the molecule is CCS(=O)(=O)CCCC(NC)c1ccn(C)n1. The molecule has 0 aromatic carbocycles. The van der Waals surface area contributed by atoms with Crippen molar-refractivity contribution in [2.75, 3.05) is 18.6 Å². The molecule has 0 saturated carbocycles. The maximum atomic E-state index is 11.4. The minimum absolute atomic E-state index is 0.128. The Hall–Kier alpha value is -0.880. The summed E-state index contributed by atoms with van der Waals surface area (Å²) in [6.07, 6.45) is 3.34. The zero-order valence-corrected chi connectivity index (χ0v) is 11.5. The van der Waals surface area contributed by atoms with Crippen molar-refractivity contribution in [3.05, 3.63) is 18.0 Å². The van der Waals surface area contributed by atoms with Gasteiger partial charge in [0.25, 0.3) is 0 Å². The second kappa shape index (κ2) is 6.16. The second-order valence-electron chi connectivity index (χ2n) is 4.13.